The molecule has 20 heavy (non-hydrogen) atoms. The molecule has 0 fully saturated rings. The number of rotatable bonds is 4. The van der Waals surface area contributed by atoms with E-state index in [1.807, 2.05) is 25.3 Å². The summed E-state index contributed by atoms with van der Waals surface area (Å²) >= 11 is 0. The van der Waals surface area contributed by atoms with Crippen molar-refractivity contribution in [2.75, 3.05) is 11.9 Å². The molecule has 0 saturated heterocycles. The van der Waals surface area contributed by atoms with Gasteiger partial charge in [-0.15, -0.1) is 0 Å². The van der Waals surface area contributed by atoms with Crippen LogP contribution in [0, 0.1) is 0 Å². The highest BCUT2D eigenvalue weighted by Gasteiger charge is 2.13. The third kappa shape index (κ3) is 3.64. The largest absolute Gasteiger partial charge is 0.402 e. The zero-order valence-corrected chi connectivity index (χ0v) is 12.2. The smallest absolute Gasteiger partial charge is 0.0442 e. The molecule has 2 rings (SSSR count). The standard InChI is InChI=1S/C18H22N2/c1-15(19)9-8-14-20(2)18-13-7-6-12-17(18)16-10-4-3-5-11-16/h3-10,12-14,16H,11,19H2,1-2H3/b14-8-,15-9-. The monoisotopic (exact) mass is 266 g/mol. The molecule has 1 aromatic carbocycles. The summed E-state index contributed by atoms with van der Waals surface area (Å²) in [6.45, 7) is 1.89. The predicted octanol–water partition coefficient (Wildman–Crippen LogP) is 4.10. The number of hydrogen-bond donors (Lipinski definition) is 1. The maximum atomic E-state index is 5.64. The first-order chi connectivity index (χ1) is 9.68. The minimum Gasteiger partial charge on any atom is -0.402 e. The lowest BCUT2D eigenvalue weighted by molar-refractivity contribution is 0.850. The Bertz CT molecular complexity index is 561. The maximum absolute atomic E-state index is 5.64. The highest BCUT2D eigenvalue weighted by Crippen LogP contribution is 2.32. The fraction of sp³-hybridized carbons (Fsp3) is 0.222. The zero-order valence-electron chi connectivity index (χ0n) is 12.2. The van der Waals surface area contributed by atoms with Gasteiger partial charge in [-0.25, -0.2) is 0 Å². The molecule has 2 N–H and O–H groups in total. The van der Waals surface area contributed by atoms with Crippen molar-refractivity contribution in [3.63, 3.8) is 0 Å². The Morgan fingerprint density at radius 3 is 2.80 bits per heavy atom. The second-order valence-corrected chi connectivity index (χ2v) is 5.08. The molecule has 1 aliphatic carbocycles. The normalized spacial score (nSPS) is 18.7. The van der Waals surface area contributed by atoms with Gasteiger partial charge in [0.25, 0.3) is 0 Å². The van der Waals surface area contributed by atoms with Crippen molar-refractivity contribution in [3.05, 3.63) is 78.2 Å². The third-order valence-electron chi connectivity index (χ3n) is 3.37. The van der Waals surface area contributed by atoms with E-state index >= 15 is 0 Å². The summed E-state index contributed by atoms with van der Waals surface area (Å²) in [5, 5.41) is 0. The number of para-hydroxylation sites is 1. The van der Waals surface area contributed by atoms with Gasteiger partial charge in [-0.2, -0.15) is 0 Å². The van der Waals surface area contributed by atoms with Crippen molar-refractivity contribution >= 4 is 5.69 Å². The summed E-state index contributed by atoms with van der Waals surface area (Å²) in [5.74, 6) is 0.457. The first-order valence-corrected chi connectivity index (χ1v) is 6.94. The van der Waals surface area contributed by atoms with Crippen LogP contribution in [0.4, 0.5) is 5.69 Å². The minimum atomic E-state index is 0.457. The third-order valence-corrected chi connectivity index (χ3v) is 3.37. The van der Waals surface area contributed by atoms with Gasteiger partial charge in [-0.05, 0) is 37.1 Å². The van der Waals surface area contributed by atoms with Gasteiger partial charge < -0.3 is 10.6 Å². The fourth-order valence-electron chi connectivity index (χ4n) is 2.34. The van der Waals surface area contributed by atoms with Gasteiger partial charge in [0.2, 0.25) is 0 Å². The molecule has 0 spiro atoms. The quantitative estimate of drug-likeness (QED) is 0.831. The molecule has 1 aliphatic rings. The summed E-state index contributed by atoms with van der Waals surface area (Å²) in [4.78, 5) is 2.14. The van der Waals surface area contributed by atoms with Crippen molar-refractivity contribution < 1.29 is 0 Å². The van der Waals surface area contributed by atoms with Crippen molar-refractivity contribution in [1.82, 2.24) is 0 Å². The summed E-state index contributed by atoms with van der Waals surface area (Å²) in [5.41, 5.74) is 9.04. The second-order valence-electron chi connectivity index (χ2n) is 5.08. The number of nitrogens with zero attached hydrogens (tertiary/aromatic N) is 1. The molecule has 1 atom stereocenters. The molecule has 1 unspecified atom stereocenters. The van der Waals surface area contributed by atoms with Gasteiger partial charge in [0.05, 0.1) is 0 Å². The number of hydrogen-bond acceptors (Lipinski definition) is 2. The Labute approximate surface area is 121 Å². The average Bonchev–Trinajstić information content (AvgIpc) is 2.47. The predicted molar refractivity (Wildman–Crippen MR) is 87.6 cm³/mol. The van der Waals surface area contributed by atoms with Crippen LogP contribution >= 0.6 is 0 Å². The molecule has 0 heterocycles. The lowest BCUT2D eigenvalue weighted by Crippen LogP contribution is -2.12. The number of nitrogens with two attached hydrogens (primary N) is 1. The van der Waals surface area contributed by atoms with E-state index in [1.54, 1.807) is 0 Å². The van der Waals surface area contributed by atoms with E-state index in [9.17, 15) is 0 Å². The number of allylic oxidation sites excluding steroid dienone is 7. The SMILES string of the molecule is C/C(N)=C/C=C\N(C)c1ccccc1C1C=CC=CC1. The molecule has 104 valence electrons. The molecule has 2 heteroatoms. The van der Waals surface area contributed by atoms with Gasteiger partial charge in [0, 0.05) is 30.5 Å². The van der Waals surface area contributed by atoms with E-state index in [2.05, 4.69) is 60.5 Å². The van der Waals surface area contributed by atoms with Gasteiger partial charge in [0.15, 0.2) is 0 Å². The first kappa shape index (κ1) is 14.2. The molecule has 0 aromatic heterocycles. The van der Waals surface area contributed by atoms with Crippen LogP contribution in [-0.2, 0) is 0 Å². The van der Waals surface area contributed by atoms with Crippen LogP contribution in [0.5, 0.6) is 0 Å². The van der Waals surface area contributed by atoms with Crippen LogP contribution in [-0.4, -0.2) is 7.05 Å². The summed E-state index contributed by atoms with van der Waals surface area (Å²) in [7, 11) is 2.07. The average molecular weight is 266 g/mol. The Balaban J connectivity index is 2.23. The highest BCUT2D eigenvalue weighted by atomic mass is 15.1. The molecule has 0 aliphatic heterocycles. The van der Waals surface area contributed by atoms with Crippen molar-refractivity contribution in [1.29, 1.82) is 0 Å². The van der Waals surface area contributed by atoms with Gasteiger partial charge >= 0.3 is 0 Å². The Morgan fingerprint density at radius 1 is 1.30 bits per heavy atom. The Hall–Kier alpha value is -2.22. The van der Waals surface area contributed by atoms with Crippen molar-refractivity contribution in [2.24, 2.45) is 5.73 Å². The first-order valence-electron chi connectivity index (χ1n) is 6.94. The van der Waals surface area contributed by atoms with E-state index in [1.165, 1.54) is 11.3 Å². The van der Waals surface area contributed by atoms with E-state index in [0.29, 0.717) is 5.92 Å². The van der Waals surface area contributed by atoms with Crippen molar-refractivity contribution in [3.8, 4) is 0 Å². The van der Waals surface area contributed by atoms with Crippen molar-refractivity contribution in [2.45, 2.75) is 19.3 Å². The molecular weight excluding hydrogens is 244 g/mol. The highest BCUT2D eigenvalue weighted by molar-refractivity contribution is 5.58. The van der Waals surface area contributed by atoms with Crippen LogP contribution in [0.25, 0.3) is 0 Å². The molecule has 1 aromatic rings. The van der Waals surface area contributed by atoms with E-state index in [-0.39, 0.29) is 0 Å². The van der Waals surface area contributed by atoms with Gasteiger partial charge in [-0.3, -0.25) is 0 Å². The van der Waals surface area contributed by atoms with Crippen LogP contribution in [0.3, 0.4) is 0 Å². The molecule has 0 bridgehead atoms. The van der Waals surface area contributed by atoms with E-state index in [0.717, 1.165) is 12.1 Å². The zero-order chi connectivity index (χ0) is 14.4. The van der Waals surface area contributed by atoms with Crippen LogP contribution in [0.15, 0.2) is 72.6 Å². The Morgan fingerprint density at radius 2 is 2.10 bits per heavy atom. The van der Waals surface area contributed by atoms with E-state index < -0.39 is 0 Å². The second kappa shape index (κ2) is 6.80. The summed E-state index contributed by atoms with van der Waals surface area (Å²) in [6, 6.07) is 8.55. The number of benzene rings is 1. The van der Waals surface area contributed by atoms with Gasteiger partial charge in [-0.1, -0.05) is 42.5 Å². The fourth-order valence-corrected chi connectivity index (χ4v) is 2.34. The molecule has 2 nitrogen and oxygen atoms in total. The summed E-state index contributed by atoms with van der Waals surface area (Å²) in [6.07, 6.45) is 15.7. The lowest BCUT2D eigenvalue weighted by atomic mass is 9.91. The molecular formula is C18H22N2. The van der Waals surface area contributed by atoms with Gasteiger partial charge in [0.1, 0.15) is 0 Å². The number of anilines is 1. The Kier molecular flexibility index (Phi) is 4.83. The van der Waals surface area contributed by atoms with E-state index in [4.69, 9.17) is 5.73 Å². The minimum absolute atomic E-state index is 0.457. The topological polar surface area (TPSA) is 29.3 Å². The van der Waals surface area contributed by atoms with Crippen LogP contribution in [0.1, 0.15) is 24.8 Å². The molecule has 0 radical (unpaired) electrons. The molecule has 0 amide bonds. The van der Waals surface area contributed by atoms with Crippen LogP contribution < -0.4 is 10.6 Å². The summed E-state index contributed by atoms with van der Waals surface area (Å²) < 4.78 is 0. The lowest BCUT2D eigenvalue weighted by Gasteiger charge is -2.23. The molecule has 0 saturated carbocycles. The van der Waals surface area contributed by atoms with Crippen LogP contribution in [0.2, 0.25) is 0 Å². The maximum Gasteiger partial charge on any atom is 0.0442 e.